The van der Waals surface area contributed by atoms with Crippen molar-refractivity contribution in [2.45, 2.75) is 71.0 Å². The number of fused-ring (bicyclic) bond motifs is 1. The number of aliphatic hydroxyl groups is 2. The molecule has 0 amide bonds. The van der Waals surface area contributed by atoms with Crippen LogP contribution in [0.25, 0.3) is 6.08 Å². The van der Waals surface area contributed by atoms with Crippen molar-refractivity contribution < 1.29 is 20.1 Å². The number of aryl methyl sites for hydroxylation is 1. The van der Waals surface area contributed by atoms with Crippen LogP contribution in [-0.4, -0.2) is 33.1 Å². The second-order valence-electron chi connectivity index (χ2n) is 9.14. The number of ether oxygens (including phenoxy) is 1. The monoisotopic (exact) mass is 360 g/mol. The summed E-state index contributed by atoms with van der Waals surface area (Å²) in [5.41, 5.74) is 0.164. The van der Waals surface area contributed by atoms with Crippen LogP contribution in [-0.2, 0) is 0 Å². The molecule has 3 N–H and O–H groups in total. The molecule has 3 rings (SSSR count). The zero-order valence-electron chi connectivity index (χ0n) is 16.4. The van der Waals surface area contributed by atoms with Crippen molar-refractivity contribution in [1.29, 1.82) is 0 Å². The number of hydrogen-bond donors (Lipinski definition) is 3. The summed E-state index contributed by atoms with van der Waals surface area (Å²) in [4.78, 5) is 0. The quantitative estimate of drug-likeness (QED) is 0.753. The summed E-state index contributed by atoms with van der Waals surface area (Å²) in [5.74, 6) is 0.962. The van der Waals surface area contributed by atoms with Crippen molar-refractivity contribution in [3.05, 3.63) is 29.3 Å². The van der Waals surface area contributed by atoms with Crippen LogP contribution in [0.15, 0.2) is 18.2 Å². The highest BCUT2D eigenvalue weighted by molar-refractivity contribution is 5.67. The average Bonchev–Trinajstić information content (AvgIpc) is 2.53. The highest BCUT2D eigenvalue weighted by Gasteiger charge is 2.48. The molecule has 2 aliphatic rings. The molecule has 1 aromatic rings. The predicted octanol–water partition coefficient (Wildman–Crippen LogP) is 4.19. The van der Waals surface area contributed by atoms with Crippen molar-refractivity contribution in [1.82, 2.24) is 0 Å². The van der Waals surface area contributed by atoms with Gasteiger partial charge < -0.3 is 20.1 Å². The zero-order chi connectivity index (χ0) is 19.2. The van der Waals surface area contributed by atoms with E-state index in [0.717, 1.165) is 36.8 Å². The molecule has 0 unspecified atom stereocenters. The van der Waals surface area contributed by atoms with Gasteiger partial charge in [0.15, 0.2) is 0 Å². The van der Waals surface area contributed by atoms with E-state index in [2.05, 4.69) is 13.8 Å². The molecule has 144 valence electrons. The Morgan fingerprint density at radius 3 is 2.62 bits per heavy atom. The predicted molar refractivity (Wildman–Crippen MR) is 103 cm³/mol. The molecule has 0 radical (unpaired) electrons. The number of aliphatic hydroxyl groups excluding tert-OH is 1. The number of phenols is 1. The Hall–Kier alpha value is -1.52. The lowest BCUT2D eigenvalue weighted by Crippen LogP contribution is -2.52. The van der Waals surface area contributed by atoms with Crippen LogP contribution in [0.4, 0.5) is 0 Å². The minimum atomic E-state index is -1.01. The van der Waals surface area contributed by atoms with Gasteiger partial charge in [-0.2, -0.15) is 0 Å². The van der Waals surface area contributed by atoms with E-state index in [1.165, 1.54) is 0 Å². The van der Waals surface area contributed by atoms with Crippen molar-refractivity contribution >= 4 is 6.08 Å². The molecule has 1 aliphatic carbocycles. The topological polar surface area (TPSA) is 69.9 Å². The first-order valence-corrected chi connectivity index (χ1v) is 9.64. The highest BCUT2D eigenvalue weighted by atomic mass is 16.5. The number of phenolic OH excluding ortho intramolecular Hbond substituents is 1. The molecule has 4 heteroatoms. The Morgan fingerprint density at radius 1 is 1.19 bits per heavy atom. The maximum Gasteiger partial charge on any atom is 0.131 e. The molecular weight excluding hydrogens is 328 g/mol. The summed E-state index contributed by atoms with van der Waals surface area (Å²) in [6.45, 7) is 8.16. The van der Waals surface area contributed by atoms with Crippen LogP contribution in [0.5, 0.6) is 11.5 Å². The Balaban J connectivity index is 1.79. The first-order valence-electron chi connectivity index (χ1n) is 9.64. The molecule has 1 aliphatic heterocycles. The maximum absolute atomic E-state index is 11.0. The molecule has 1 aromatic carbocycles. The van der Waals surface area contributed by atoms with Crippen LogP contribution in [0.1, 0.15) is 64.0 Å². The fraction of sp³-hybridized carbons (Fsp3) is 0.636. The van der Waals surface area contributed by atoms with Crippen LogP contribution in [0.3, 0.4) is 0 Å². The zero-order valence-corrected chi connectivity index (χ0v) is 16.4. The van der Waals surface area contributed by atoms with Gasteiger partial charge in [-0.15, -0.1) is 0 Å². The van der Waals surface area contributed by atoms with Gasteiger partial charge in [0.05, 0.1) is 17.8 Å². The van der Waals surface area contributed by atoms with Crippen molar-refractivity contribution in [3.63, 3.8) is 0 Å². The normalized spacial score (nSPS) is 32.8. The van der Waals surface area contributed by atoms with Gasteiger partial charge in [0, 0.05) is 0 Å². The minimum Gasteiger partial charge on any atom is -0.507 e. The lowest BCUT2D eigenvalue weighted by atomic mass is 9.59. The van der Waals surface area contributed by atoms with Gasteiger partial charge in [0.2, 0.25) is 0 Å². The first kappa shape index (κ1) is 19.2. The number of benzene rings is 1. The SMILES string of the molecule is Cc1cc(O)c2c(c1)O[C@@](C)(CC[C@H]1C(C)(C)CCC[C@@]1(O)CO)C=C2. The fourth-order valence-corrected chi connectivity index (χ4v) is 4.88. The molecule has 3 atom stereocenters. The van der Waals surface area contributed by atoms with Gasteiger partial charge in [-0.3, -0.25) is 0 Å². The Bertz CT molecular complexity index is 708. The van der Waals surface area contributed by atoms with E-state index in [1.54, 1.807) is 6.07 Å². The van der Waals surface area contributed by atoms with E-state index in [4.69, 9.17) is 4.74 Å². The molecule has 0 spiro atoms. The molecule has 0 aromatic heterocycles. The van der Waals surface area contributed by atoms with E-state index in [-0.39, 0.29) is 23.7 Å². The third-order valence-corrected chi connectivity index (χ3v) is 6.44. The molecule has 1 heterocycles. The van der Waals surface area contributed by atoms with Gasteiger partial charge in [-0.05, 0) is 87.1 Å². The van der Waals surface area contributed by atoms with E-state index >= 15 is 0 Å². The molecule has 1 saturated carbocycles. The minimum absolute atomic E-state index is 0.0166. The summed E-state index contributed by atoms with van der Waals surface area (Å²) in [5, 5.41) is 30.9. The van der Waals surface area contributed by atoms with E-state index < -0.39 is 11.2 Å². The van der Waals surface area contributed by atoms with Crippen LogP contribution in [0, 0.1) is 18.3 Å². The largest absolute Gasteiger partial charge is 0.507 e. The second kappa shape index (κ2) is 6.58. The van der Waals surface area contributed by atoms with Gasteiger partial charge in [-0.25, -0.2) is 0 Å². The molecule has 26 heavy (non-hydrogen) atoms. The van der Waals surface area contributed by atoms with Crippen LogP contribution >= 0.6 is 0 Å². The van der Waals surface area contributed by atoms with Gasteiger partial charge in [-0.1, -0.05) is 13.8 Å². The van der Waals surface area contributed by atoms with Crippen LogP contribution < -0.4 is 4.74 Å². The van der Waals surface area contributed by atoms with Crippen molar-refractivity contribution in [3.8, 4) is 11.5 Å². The summed E-state index contributed by atoms with van der Waals surface area (Å²) in [6.07, 6.45) is 8.10. The molecule has 4 nitrogen and oxygen atoms in total. The Labute approximate surface area is 156 Å². The maximum atomic E-state index is 11.0. The van der Waals surface area contributed by atoms with Crippen LogP contribution in [0.2, 0.25) is 0 Å². The summed E-state index contributed by atoms with van der Waals surface area (Å²) in [7, 11) is 0. The fourth-order valence-electron chi connectivity index (χ4n) is 4.88. The highest BCUT2D eigenvalue weighted by Crippen LogP contribution is 2.49. The lowest BCUT2D eigenvalue weighted by Gasteiger charge is -2.49. The number of hydrogen-bond acceptors (Lipinski definition) is 4. The third kappa shape index (κ3) is 3.49. The van der Waals surface area contributed by atoms with Gasteiger partial charge >= 0.3 is 0 Å². The third-order valence-electron chi connectivity index (χ3n) is 6.44. The summed E-state index contributed by atoms with van der Waals surface area (Å²) in [6, 6.07) is 3.69. The van der Waals surface area contributed by atoms with E-state index in [0.29, 0.717) is 12.2 Å². The second-order valence-corrected chi connectivity index (χ2v) is 9.14. The number of aromatic hydroxyl groups is 1. The Morgan fingerprint density at radius 2 is 1.92 bits per heavy atom. The smallest absolute Gasteiger partial charge is 0.131 e. The average molecular weight is 360 g/mol. The number of rotatable bonds is 4. The summed E-state index contributed by atoms with van der Waals surface area (Å²) >= 11 is 0. The molecule has 0 bridgehead atoms. The molecule has 0 saturated heterocycles. The van der Waals surface area contributed by atoms with E-state index in [1.807, 2.05) is 32.1 Å². The Kier molecular flexibility index (Phi) is 4.87. The lowest BCUT2D eigenvalue weighted by molar-refractivity contribution is -0.135. The first-order chi connectivity index (χ1) is 12.1. The molecule has 1 fully saturated rings. The van der Waals surface area contributed by atoms with Crippen molar-refractivity contribution in [2.75, 3.05) is 6.61 Å². The van der Waals surface area contributed by atoms with Gasteiger partial charge in [0.1, 0.15) is 17.1 Å². The van der Waals surface area contributed by atoms with Gasteiger partial charge in [0.25, 0.3) is 0 Å². The summed E-state index contributed by atoms with van der Waals surface area (Å²) < 4.78 is 6.25. The standard InChI is InChI=1S/C22H32O4/c1-15-12-17(24)16-6-10-21(4,26-18(16)13-15)11-7-19-20(2,3)8-5-9-22(19,25)14-23/h6,10,12-13,19,23-25H,5,7-9,11,14H2,1-4H3/t19-,21+,22+/m0/s1. The molecular formula is C22H32O4. The van der Waals surface area contributed by atoms with E-state index in [9.17, 15) is 15.3 Å². The van der Waals surface area contributed by atoms with Crippen molar-refractivity contribution in [2.24, 2.45) is 11.3 Å².